The van der Waals surface area contributed by atoms with E-state index in [9.17, 15) is 30.3 Å². The average Bonchev–Trinajstić information content (AvgIpc) is 3.16. The summed E-state index contributed by atoms with van der Waals surface area (Å²) < 4.78 is 11.2. The fourth-order valence-electron chi connectivity index (χ4n) is 7.21. The van der Waals surface area contributed by atoms with Crippen molar-refractivity contribution >= 4 is 5.91 Å². The highest BCUT2D eigenvalue weighted by Gasteiger charge is 2.44. The van der Waals surface area contributed by atoms with Crippen LogP contribution in [0.25, 0.3) is 0 Å². The fourth-order valence-corrected chi connectivity index (χ4v) is 7.21. The third-order valence-corrected chi connectivity index (χ3v) is 10.9. The molecule has 7 atom stereocenters. The third kappa shape index (κ3) is 26.4. The Morgan fingerprint density at radius 3 is 1.53 bits per heavy atom. The quantitative estimate of drug-likeness (QED) is 0.0272. The molecule has 314 valence electrons. The lowest BCUT2D eigenvalue weighted by Gasteiger charge is -2.40. The van der Waals surface area contributed by atoms with Gasteiger partial charge in [0.15, 0.2) is 6.29 Å². The maximum absolute atomic E-state index is 12.9. The van der Waals surface area contributed by atoms with Crippen molar-refractivity contribution < 1.29 is 39.8 Å². The van der Waals surface area contributed by atoms with Crippen LogP contribution in [0.4, 0.5) is 0 Å². The van der Waals surface area contributed by atoms with Crippen molar-refractivity contribution in [3.05, 3.63) is 12.2 Å². The van der Waals surface area contributed by atoms with Crippen LogP contribution in [-0.4, -0.2) is 87.5 Å². The zero-order chi connectivity index (χ0) is 38.8. The summed E-state index contributed by atoms with van der Waals surface area (Å²) in [6.07, 6.45) is 32.2. The maximum atomic E-state index is 12.9. The van der Waals surface area contributed by atoms with Gasteiger partial charge in [-0.05, 0) is 38.5 Å². The Hall–Kier alpha value is -1.07. The molecule has 9 nitrogen and oxygen atoms in total. The molecule has 1 aliphatic heterocycles. The van der Waals surface area contributed by atoms with E-state index in [1.807, 2.05) is 0 Å². The van der Waals surface area contributed by atoms with Crippen LogP contribution in [0.1, 0.15) is 206 Å². The molecule has 53 heavy (non-hydrogen) atoms. The first-order valence-corrected chi connectivity index (χ1v) is 22.4. The predicted octanol–water partition coefficient (Wildman–Crippen LogP) is 8.95. The Bertz CT molecular complexity index is 842. The zero-order valence-electron chi connectivity index (χ0n) is 34.3. The van der Waals surface area contributed by atoms with E-state index in [1.54, 1.807) is 0 Å². The number of hydrogen-bond donors (Lipinski definition) is 6. The molecule has 0 aromatic rings. The minimum Gasteiger partial charge on any atom is -0.394 e. The van der Waals surface area contributed by atoms with E-state index in [1.165, 1.54) is 141 Å². The highest BCUT2D eigenvalue weighted by Crippen LogP contribution is 2.23. The highest BCUT2D eigenvalue weighted by molar-refractivity contribution is 5.76. The van der Waals surface area contributed by atoms with Crippen LogP contribution in [0.5, 0.6) is 0 Å². The smallest absolute Gasteiger partial charge is 0.220 e. The zero-order valence-corrected chi connectivity index (χ0v) is 34.3. The van der Waals surface area contributed by atoms with Gasteiger partial charge in [0.2, 0.25) is 5.91 Å². The van der Waals surface area contributed by atoms with Crippen LogP contribution < -0.4 is 5.32 Å². The molecule has 1 saturated heterocycles. The Labute approximate surface area is 325 Å². The summed E-state index contributed by atoms with van der Waals surface area (Å²) in [6, 6.07) is -0.714. The average molecular weight is 756 g/mol. The Kier molecular flexibility index (Phi) is 33.3. The number of carbonyl (C=O) groups is 1. The van der Waals surface area contributed by atoms with Gasteiger partial charge in [-0.15, -0.1) is 0 Å². The van der Waals surface area contributed by atoms with E-state index < -0.39 is 49.5 Å². The van der Waals surface area contributed by atoms with Crippen LogP contribution in [-0.2, 0) is 14.3 Å². The van der Waals surface area contributed by atoms with Gasteiger partial charge in [-0.1, -0.05) is 174 Å². The lowest BCUT2D eigenvalue weighted by molar-refractivity contribution is -0.302. The second-order valence-electron chi connectivity index (χ2n) is 15.8. The van der Waals surface area contributed by atoms with Gasteiger partial charge < -0.3 is 40.3 Å². The van der Waals surface area contributed by atoms with Crippen LogP contribution in [0.15, 0.2) is 12.2 Å². The van der Waals surface area contributed by atoms with Crippen molar-refractivity contribution in [1.82, 2.24) is 5.32 Å². The SMILES string of the molecule is CCCCCCCC/C=C\CCCCCCCCCCCC(=O)NC(COC1OC(CO)C(O)C(O)C1O)C(O)CCCCCCCCCCCCC. The maximum Gasteiger partial charge on any atom is 0.220 e. The number of amides is 1. The first-order valence-electron chi connectivity index (χ1n) is 22.4. The van der Waals surface area contributed by atoms with E-state index in [-0.39, 0.29) is 12.5 Å². The number of aliphatic hydroxyl groups excluding tert-OH is 5. The molecule has 1 rings (SSSR count). The molecule has 1 heterocycles. The van der Waals surface area contributed by atoms with Gasteiger partial charge in [-0.2, -0.15) is 0 Å². The molecule has 1 aliphatic rings. The standard InChI is InChI=1S/C44H85NO8/c1-3-5-7-9-11-13-15-16-17-18-19-20-21-22-24-26-28-30-32-34-40(48)45-37(36-52-44-43(51)42(50)41(49)39(35-46)53-44)38(47)33-31-29-27-25-23-14-12-10-8-6-4-2/h16-17,37-39,41-44,46-47,49-51H,3-15,18-36H2,1-2H3,(H,45,48)/b17-16-. The Morgan fingerprint density at radius 1 is 0.623 bits per heavy atom. The molecule has 0 radical (unpaired) electrons. The van der Waals surface area contributed by atoms with Crippen molar-refractivity contribution in [2.75, 3.05) is 13.2 Å². The number of aliphatic hydroxyl groups is 5. The summed E-state index contributed by atoms with van der Waals surface area (Å²) in [4.78, 5) is 12.9. The van der Waals surface area contributed by atoms with Gasteiger partial charge in [-0.3, -0.25) is 4.79 Å². The fraction of sp³-hybridized carbons (Fsp3) is 0.932. The predicted molar refractivity (Wildman–Crippen MR) is 217 cm³/mol. The van der Waals surface area contributed by atoms with E-state index in [2.05, 4.69) is 31.3 Å². The largest absolute Gasteiger partial charge is 0.394 e. The number of ether oxygens (including phenoxy) is 2. The van der Waals surface area contributed by atoms with E-state index in [0.29, 0.717) is 12.8 Å². The first-order chi connectivity index (χ1) is 25.8. The molecule has 0 spiro atoms. The van der Waals surface area contributed by atoms with Gasteiger partial charge in [0.25, 0.3) is 0 Å². The number of carbonyl (C=O) groups excluding carboxylic acids is 1. The van der Waals surface area contributed by atoms with Crippen molar-refractivity contribution in [2.24, 2.45) is 0 Å². The summed E-state index contributed by atoms with van der Waals surface area (Å²) in [5.74, 6) is -0.147. The Balaban J connectivity index is 2.30. The number of rotatable bonds is 37. The number of hydrogen-bond acceptors (Lipinski definition) is 8. The summed E-state index contributed by atoms with van der Waals surface area (Å²) in [6.45, 7) is 3.82. The van der Waals surface area contributed by atoms with Crippen LogP contribution in [0, 0.1) is 0 Å². The molecule has 9 heteroatoms. The molecule has 0 aliphatic carbocycles. The number of allylic oxidation sites excluding steroid dienone is 2. The topological polar surface area (TPSA) is 149 Å². The van der Waals surface area contributed by atoms with Crippen molar-refractivity contribution in [1.29, 1.82) is 0 Å². The van der Waals surface area contributed by atoms with Gasteiger partial charge in [0, 0.05) is 6.42 Å². The number of nitrogens with one attached hydrogen (secondary N) is 1. The molecular weight excluding hydrogens is 670 g/mol. The second-order valence-corrected chi connectivity index (χ2v) is 15.8. The van der Waals surface area contributed by atoms with Gasteiger partial charge in [-0.25, -0.2) is 0 Å². The molecule has 0 aromatic carbocycles. The molecule has 1 amide bonds. The third-order valence-electron chi connectivity index (χ3n) is 10.9. The normalized spacial score (nSPS) is 21.7. The summed E-state index contributed by atoms with van der Waals surface area (Å²) in [5.41, 5.74) is 0. The molecule has 7 unspecified atom stereocenters. The first kappa shape index (κ1) is 49.9. The molecule has 0 bridgehead atoms. The molecule has 1 fully saturated rings. The van der Waals surface area contributed by atoms with Crippen molar-refractivity contribution in [2.45, 2.75) is 249 Å². The van der Waals surface area contributed by atoms with E-state index in [4.69, 9.17) is 9.47 Å². The Morgan fingerprint density at radius 2 is 1.06 bits per heavy atom. The minimum absolute atomic E-state index is 0.136. The van der Waals surface area contributed by atoms with Gasteiger partial charge >= 0.3 is 0 Å². The minimum atomic E-state index is -1.55. The van der Waals surface area contributed by atoms with Crippen LogP contribution in [0.3, 0.4) is 0 Å². The molecule has 0 aromatic heterocycles. The summed E-state index contributed by atoms with van der Waals surface area (Å²) >= 11 is 0. The van der Waals surface area contributed by atoms with Crippen molar-refractivity contribution in [3.63, 3.8) is 0 Å². The number of unbranched alkanes of at least 4 members (excludes halogenated alkanes) is 25. The molecule has 0 saturated carbocycles. The van der Waals surface area contributed by atoms with Crippen LogP contribution in [0.2, 0.25) is 0 Å². The van der Waals surface area contributed by atoms with E-state index in [0.717, 1.165) is 38.5 Å². The van der Waals surface area contributed by atoms with Crippen molar-refractivity contribution in [3.8, 4) is 0 Å². The molecular formula is C44H85NO8. The second kappa shape index (κ2) is 35.4. The lowest BCUT2D eigenvalue weighted by Crippen LogP contribution is -2.60. The summed E-state index contributed by atoms with van der Waals surface area (Å²) in [7, 11) is 0. The summed E-state index contributed by atoms with van der Waals surface area (Å²) in [5, 5.41) is 54.2. The molecule has 6 N–H and O–H groups in total. The monoisotopic (exact) mass is 756 g/mol. The van der Waals surface area contributed by atoms with Crippen LogP contribution >= 0.6 is 0 Å². The lowest BCUT2D eigenvalue weighted by atomic mass is 9.99. The van der Waals surface area contributed by atoms with E-state index >= 15 is 0 Å². The highest BCUT2D eigenvalue weighted by atomic mass is 16.7. The van der Waals surface area contributed by atoms with Gasteiger partial charge in [0.05, 0.1) is 25.4 Å². The van der Waals surface area contributed by atoms with Gasteiger partial charge in [0.1, 0.15) is 24.4 Å².